The molecule has 1 fully saturated rings. The zero-order valence-electron chi connectivity index (χ0n) is 7.99. The SMILES string of the molecule is N#CCc1nc(C2(CN)CCC2)cs1. The van der Waals surface area contributed by atoms with Crippen molar-refractivity contribution in [2.45, 2.75) is 31.1 Å². The summed E-state index contributed by atoms with van der Waals surface area (Å²) in [4.78, 5) is 4.48. The fraction of sp³-hybridized carbons (Fsp3) is 0.600. The Morgan fingerprint density at radius 2 is 2.43 bits per heavy atom. The first-order valence-corrected chi connectivity index (χ1v) is 5.70. The maximum absolute atomic E-state index is 8.55. The molecule has 1 aliphatic carbocycles. The summed E-state index contributed by atoms with van der Waals surface area (Å²) in [5, 5.41) is 11.5. The average Bonchev–Trinajstić information content (AvgIpc) is 2.54. The summed E-state index contributed by atoms with van der Waals surface area (Å²) in [5.74, 6) is 0. The largest absolute Gasteiger partial charge is 0.330 e. The second kappa shape index (κ2) is 3.68. The summed E-state index contributed by atoms with van der Waals surface area (Å²) < 4.78 is 0. The molecule has 0 bridgehead atoms. The van der Waals surface area contributed by atoms with Gasteiger partial charge in [-0.3, -0.25) is 0 Å². The molecule has 0 amide bonds. The fourth-order valence-electron chi connectivity index (χ4n) is 1.87. The van der Waals surface area contributed by atoms with Crippen molar-refractivity contribution in [3.05, 3.63) is 16.1 Å². The number of thiazole rings is 1. The molecule has 74 valence electrons. The molecule has 1 saturated carbocycles. The molecule has 3 nitrogen and oxygen atoms in total. The minimum atomic E-state index is 0.143. The molecular weight excluding hydrogens is 194 g/mol. The van der Waals surface area contributed by atoms with Crippen molar-refractivity contribution >= 4 is 11.3 Å². The minimum absolute atomic E-state index is 0.143. The summed E-state index contributed by atoms with van der Waals surface area (Å²) in [7, 11) is 0. The van der Waals surface area contributed by atoms with Crippen LogP contribution in [0.15, 0.2) is 5.38 Å². The van der Waals surface area contributed by atoms with E-state index in [4.69, 9.17) is 11.0 Å². The van der Waals surface area contributed by atoms with E-state index in [0.29, 0.717) is 13.0 Å². The lowest BCUT2D eigenvalue weighted by atomic mass is 9.67. The van der Waals surface area contributed by atoms with E-state index in [9.17, 15) is 0 Å². The molecule has 1 heterocycles. The standard InChI is InChI=1S/C10H13N3S/c11-5-2-9-13-8(6-14-9)10(7-12)3-1-4-10/h6H,1-4,7,12H2. The van der Waals surface area contributed by atoms with Crippen LogP contribution in [0.3, 0.4) is 0 Å². The van der Waals surface area contributed by atoms with Crippen LogP contribution in [0.25, 0.3) is 0 Å². The lowest BCUT2D eigenvalue weighted by Gasteiger charge is -2.39. The lowest BCUT2D eigenvalue weighted by molar-refractivity contribution is 0.247. The van der Waals surface area contributed by atoms with Crippen molar-refractivity contribution in [2.75, 3.05) is 6.54 Å². The van der Waals surface area contributed by atoms with Crippen LogP contribution in [0.1, 0.15) is 30.0 Å². The zero-order valence-corrected chi connectivity index (χ0v) is 8.81. The first kappa shape index (κ1) is 9.63. The molecule has 1 aromatic rings. The predicted molar refractivity (Wildman–Crippen MR) is 56.0 cm³/mol. The van der Waals surface area contributed by atoms with Crippen molar-refractivity contribution < 1.29 is 0 Å². The first-order chi connectivity index (χ1) is 6.80. The quantitative estimate of drug-likeness (QED) is 0.818. The second-order valence-electron chi connectivity index (χ2n) is 3.80. The molecule has 2 rings (SSSR count). The second-order valence-corrected chi connectivity index (χ2v) is 4.74. The Balaban J connectivity index is 2.20. The Morgan fingerprint density at radius 1 is 1.64 bits per heavy atom. The van der Waals surface area contributed by atoms with Crippen molar-refractivity contribution in [1.82, 2.24) is 4.98 Å². The maximum atomic E-state index is 8.55. The predicted octanol–water partition coefficient (Wildman–Crippen LogP) is 1.59. The van der Waals surface area contributed by atoms with Gasteiger partial charge in [-0.25, -0.2) is 4.98 Å². The minimum Gasteiger partial charge on any atom is -0.330 e. The highest BCUT2D eigenvalue weighted by Crippen LogP contribution is 2.42. The molecule has 0 spiro atoms. The fourth-order valence-corrected chi connectivity index (χ4v) is 2.72. The highest BCUT2D eigenvalue weighted by Gasteiger charge is 2.39. The van der Waals surface area contributed by atoms with Gasteiger partial charge in [0.1, 0.15) is 5.01 Å². The average molecular weight is 207 g/mol. The summed E-state index contributed by atoms with van der Waals surface area (Å²) in [6.45, 7) is 0.683. The van der Waals surface area contributed by atoms with Gasteiger partial charge in [0.05, 0.1) is 18.2 Å². The molecule has 1 aromatic heterocycles. The van der Waals surface area contributed by atoms with Crippen molar-refractivity contribution in [3.8, 4) is 6.07 Å². The van der Waals surface area contributed by atoms with Gasteiger partial charge in [-0.2, -0.15) is 5.26 Å². The Labute approximate surface area is 87.6 Å². The van der Waals surface area contributed by atoms with Gasteiger partial charge in [-0.1, -0.05) is 6.42 Å². The van der Waals surface area contributed by atoms with Crippen LogP contribution in [0, 0.1) is 11.3 Å². The number of nitrogens with zero attached hydrogens (tertiary/aromatic N) is 2. The zero-order chi connectivity index (χ0) is 10.0. The van der Waals surface area contributed by atoms with Crippen LogP contribution in [0.5, 0.6) is 0 Å². The van der Waals surface area contributed by atoms with Crippen LogP contribution >= 0.6 is 11.3 Å². The Morgan fingerprint density at radius 3 is 2.93 bits per heavy atom. The van der Waals surface area contributed by atoms with Gasteiger partial charge >= 0.3 is 0 Å². The highest BCUT2D eigenvalue weighted by molar-refractivity contribution is 7.09. The molecule has 0 atom stereocenters. The number of aromatic nitrogens is 1. The van der Waals surface area contributed by atoms with E-state index in [0.717, 1.165) is 23.5 Å². The van der Waals surface area contributed by atoms with E-state index in [1.807, 2.05) is 0 Å². The topological polar surface area (TPSA) is 62.7 Å². The smallest absolute Gasteiger partial charge is 0.107 e. The van der Waals surface area contributed by atoms with Gasteiger partial charge in [-0.15, -0.1) is 11.3 Å². The van der Waals surface area contributed by atoms with Crippen molar-refractivity contribution in [3.63, 3.8) is 0 Å². The highest BCUT2D eigenvalue weighted by atomic mass is 32.1. The van der Waals surface area contributed by atoms with E-state index in [2.05, 4.69) is 16.4 Å². The van der Waals surface area contributed by atoms with Gasteiger partial charge in [0.2, 0.25) is 0 Å². The molecule has 0 aliphatic heterocycles. The van der Waals surface area contributed by atoms with E-state index >= 15 is 0 Å². The molecule has 4 heteroatoms. The summed E-state index contributed by atoms with van der Waals surface area (Å²) >= 11 is 1.58. The van der Waals surface area contributed by atoms with E-state index < -0.39 is 0 Å². The third-order valence-electron chi connectivity index (χ3n) is 3.03. The third kappa shape index (κ3) is 1.43. The number of hydrogen-bond acceptors (Lipinski definition) is 4. The third-order valence-corrected chi connectivity index (χ3v) is 3.88. The molecule has 1 aliphatic rings. The summed E-state index contributed by atoms with van der Waals surface area (Å²) in [6, 6.07) is 2.12. The van der Waals surface area contributed by atoms with Gasteiger partial charge in [0.25, 0.3) is 0 Å². The lowest BCUT2D eigenvalue weighted by Crippen LogP contribution is -2.41. The van der Waals surface area contributed by atoms with Crippen LogP contribution in [0.2, 0.25) is 0 Å². The van der Waals surface area contributed by atoms with Crippen molar-refractivity contribution in [2.24, 2.45) is 5.73 Å². The number of nitriles is 1. The summed E-state index contributed by atoms with van der Waals surface area (Å²) in [5.41, 5.74) is 7.04. The molecule has 0 saturated heterocycles. The van der Waals surface area contributed by atoms with Gasteiger partial charge in [0, 0.05) is 17.3 Å². The van der Waals surface area contributed by atoms with Gasteiger partial charge < -0.3 is 5.73 Å². The number of nitrogens with two attached hydrogens (primary N) is 1. The van der Waals surface area contributed by atoms with Gasteiger partial charge in [0.15, 0.2) is 0 Å². The maximum Gasteiger partial charge on any atom is 0.107 e. The van der Waals surface area contributed by atoms with Crippen LogP contribution in [-0.4, -0.2) is 11.5 Å². The molecule has 0 radical (unpaired) electrons. The van der Waals surface area contributed by atoms with E-state index in [1.54, 1.807) is 11.3 Å². The molecule has 0 unspecified atom stereocenters. The summed E-state index contributed by atoms with van der Waals surface area (Å²) in [6.07, 6.45) is 3.98. The van der Waals surface area contributed by atoms with E-state index in [1.165, 1.54) is 6.42 Å². The number of rotatable bonds is 3. The normalized spacial score (nSPS) is 18.6. The Bertz CT molecular complexity index is 354. The monoisotopic (exact) mass is 207 g/mol. The molecular formula is C10H13N3S. The van der Waals surface area contributed by atoms with Crippen LogP contribution < -0.4 is 5.73 Å². The van der Waals surface area contributed by atoms with Crippen LogP contribution in [0.4, 0.5) is 0 Å². The Kier molecular flexibility index (Phi) is 2.53. The number of hydrogen-bond donors (Lipinski definition) is 1. The van der Waals surface area contributed by atoms with E-state index in [-0.39, 0.29) is 5.41 Å². The Hall–Kier alpha value is -0.920. The van der Waals surface area contributed by atoms with Crippen molar-refractivity contribution in [1.29, 1.82) is 5.26 Å². The molecule has 2 N–H and O–H groups in total. The first-order valence-electron chi connectivity index (χ1n) is 4.83. The van der Waals surface area contributed by atoms with Crippen LogP contribution in [-0.2, 0) is 11.8 Å². The molecule has 0 aromatic carbocycles. The van der Waals surface area contributed by atoms with Gasteiger partial charge in [-0.05, 0) is 12.8 Å². The molecule has 14 heavy (non-hydrogen) atoms.